The first-order valence-corrected chi connectivity index (χ1v) is 10.4. The first-order chi connectivity index (χ1) is 12.8. The number of hydrogen-bond acceptors (Lipinski definition) is 4. The van der Waals surface area contributed by atoms with E-state index in [0.29, 0.717) is 23.0 Å². The zero-order valence-corrected chi connectivity index (χ0v) is 17.3. The van der Waals surface area contributed by atoms with Gasteiger partial charge in [-0.05, 0) is 54.7 Å². The van der Waals surface area contributed by atoms with Gasteiger partial charge in [-0.15, -0.1) is 11.3 Å². The molecule has 0 radical (unpaired) electrons. The minimum Gasteiger partial charge on any atom is -0.459 e. The number of nitrogens with one attached hydrogen (secondary N) is 2. The van der Waals surface area contributed by atoms with Gasteiger partial charge < -0.3 is 15.1 Å². The van der Waals surface area contributed by atoms with Crippen molar-refractivity contribution in [3.05, 3.63) is 40.2 Å². The van der Waals surface area contributed by atoms with Crippen LogP contribution in [0.15, 0.2) is 22.8 Å². The Balaban J connectivity index is 1.93. The van der Waals surface area contributed by atoms with Gasteiger partial charge in [0.1, 0.15) is 5.00 Å². The Morgan fingerprint density at radius 2 is 2.07 bits per heavy atom. The predicted molar refractivity (Wildman–Crippen MR) is 109 cm³/mol. The van der Waals surface area contributed by atoms with Gasteiger partial charge >= 0.3 is 0 Å². The summed E-state index contributed by atoms with van der Waals surface area (Å²) in [7, 11) is 0. The van der Waals surface area contributed by atoms with E-state index >= 15 is 0 Å². The minimum absolute atomic E-state index is 0.0988. The highest BCUT2D eigenvalue weighted by Gasteiger charge is 2.34. The molecule has 2 amide bonds. The molecular formula is C21H28N2O3S. The van der Waals surface area contributed by atoms with Crippen molar-refractivity contribution in [2.75, 3.05) is 11.9 Å². The summed E-state index contributed by atoms with van der Waals surface area (Å²) in [6, 6.07) is 3.30. The topological polar surface area (TPSA) is 71.3 Å². The van der Waals surface area contributed by atoms with Crippen molar-refractivity contribution in [2.24, 2.45) is 11.3 Å². The molecular weight excluding hydrogens is 360 g/mol. The number of thiophene rings is 1. The second-order valence-electron chi connectivity index (χ2n) is 8.20. The van der Waals surface area contributed by atoms with Gasteiger partial charge in [0.2, 0.25) is 0 Å². The lowest BCUT2D eigenvalue weighted by Crippen LogP contribution is -2.29. The molecule has 5 nitrogen and oxygen atoms in total. The van der Waals surface area contributed by atoms with E-state index in [4.69, 9.17) is 4.42 Å². The van der Waals surface area contributed by atoms with Gasteiger partial charge in [0.05, 0.1) is 11.8 Å². The van der Waals surface area contributed by atoms with Crippen LogP contribution < -0.4 is 10.6 Å². The van der Waals surface area contributed by atoms with Gasteiger partial charge in [-0.2, -0.15) is 0 Å². The zero-order valence-electron chi connectivity index (χ0n) is 16.5. The number of carbonyl (C=O) groups is 2. The Morgan fingerprint density at radius 1 is 1.30 bits per heavy atom. The largest absolute Gasteiger partial charge is 0.459 e. The molecule has 0 fully saturated rings. The fraction of sp³-hybridized carbons (Fsp3) is 0.524. The maximum Gasteiger partial charge on any atom is 0.291 e. The van der Waals surface area contributed by atoms with E-state index in [1.807, 2.05) is 6.92 Å². The van der Waals surface area contributed by atoms with Crippen LogP contribution in [0.4, 0.5) is 5.00 Å². The van der Waals surface area contributed by atoms with Gasteiger partial charge in [0, 0.05) is 11.4 Å². The van der Waals surface area contributed by atoms with Crippen molar-refractivity contribution < 1.29 is 14.0 Å². The number of amides is 2. The maximum absolute atomic E-state index is 12.8. The van der Waals surface area contributed by atoms with E-state index in [1.54, 1.807) is 12.1 Å². The standard InChI is InChI=1S/C21H28N2O3S/c1-5-10-22-19(25)17-14-9-8-13(21(2,3)4)12-16(14)27-20(17)23-18(24)15-7-6-11-26-15/h6-7,11,13H,5,8-10,12H2,1-4H3,(H,22,25)(H,23,24). The molecule has 2 heterocycles. The quantitative estimate of drug-likeness (QED) is 0.766. The van der Waals surface area contributed by atoms with Gasteiger partial charge in [0.15, 0.2) is 5.76 Å². The molecule has 2 N–H and O–H groups in total. The average molecular weight is 389 g/mol. The fourth-order valence-electron chi connectivity index (χ4n) is 3.55. The molecule has 27 heavy (non-hydrogen) atoms. The van der Waals surface area contributed by atoms with Crippen molar-refractivity contribution in [1.82, 2.24) is 5.32 Å². The molecule has 3 rings (SSSR count). The van der Waals surface area contributed by atoms with Crippen LogP contribution >= 0.6 is 11.3 Å². The minimum atomic E-state index is -0.324. The SMILES string of the molecule is CCCNC(=O)c1c(NC(=O)c2ccco2)sc2c1CCC(C(C)(C)C)C2. The number of carbonyl (C=O) groups excluding carboxylic acids is 2. The van der Waals surface area contributed by atoms with Crippen molar-refractivity contribution in [3.63, 3.8) is 0 Å². The van der Waals surface area contributed by atoms with Crippen LogP contribution in [0.3, 0.4) is 0 Å². The number of anilines is 1. The Bertz CT molecular complexity index is 815. The van der Waals surface area contributed by atoms with Gasteiger partial charge in [-0.1, -0.05) is 27.7 Å². The Hall–Kier alpha value is -2.08. The fourth-order valence-corrected chi connectivity index (χ4v) is 4.87. The molecule has 0 spiro atoms. The molecule has 0 saturated carbocycles. The van der Waals surface area contributed by atoms with Crippen LogP contribution in [0.25, 0.3) is 0 Å². The highest BCUT2D eigenvalue weighted by molar-refractivity contribution is 7.17. The third-order valence-corrected chi connectivity index (χ3v) is 6.39. The molecule has 2 aromatic heterocycles. The van der Waals surface area contributed by atoms with Gasteiger partial charge in [0.25, 0.3) is 11.8 Å². The third-order valence-electron chi connectivity index (χ3n) is 5.22. The van der Waals surface area contributed by atoms with Gasteiger partial charge in [-0.25, -0.2) is 0 Å². The Kier molecular flexibility index (Phi) is 5.75. The number of hydrogen-bond donors (Lipinski definition) is 2. The third kappa shape index (κ3) is 4.26. The van der Waals surface area contributed by atoms with Crippen LogP contribution in [0.2, 0.25) is 0 Å². The highest BCUT2D eigenvalue weighted by Crippen LogP contribution is 2.44. The van der Waals surface area contributed by atoms with Crippen LogP contribution in [0.1, 0.15) is 71.9 Å². The van der Waals surface area contributed by atoms with Crippen molar-refractivity contribution in [2.45, 2.75) is 53.4 Å². The number of rotatable bonds is 5. The second-order valence-corrected chi connectivity index (χ2v) is 9.31. The summed E-state index contributed by atoms with van der Waals surface area (Å²) in [5, 5.41) is 6.50. The monoisotopic (exact) mass is 388 g/mol. The zero-order chi connectivity index (χ0) is 19.6. The summed E-state index contributed by atoms with van der Waals surface area (Å²) in [6.45, 7) is 9.46. The Labute approximate surface area is 164 Å². The number of fused-ring (bicyclic) bond motifs is 1. The first kappa shape index (κ1) is 19.7. The molecule has 1 aliphatic rings. The molecule has 2 aromatic rings. The van der Waals surface area contributed by atoms with E-state index in [-0.39, 0.29) is 23.0 Å². The summed E-state index contributed by atoms with van der Waals surface area (Å²) >= 11 is 1.53. The molecule has 0 aromatic carbocycles. The molecule has 0 saturated heterocycles. The highest BCUT2D eigenvalue weighted by atomic mass is 32.1. The van der Waals surface area contributed by atoms with E-state index in [0.717, 1.165) is 31.2 Å². The average Bonchev–Trinajstić information content (AvgIpc) is 3.25. The molecule has 1 unspecified atom stereocenters. The molecule has 0 bridgehead atoms. The summed E-state index contributed by atoms with van der Waals surface area (Å²) in [6.07, 6.45) is 5.23. The maximum atomic E-state index is 12.8. The lowest BCUT2D eigenvalue weighted by Gasteiger charge is -2.33. The molecule has 146 valence electrons. The predicted octanol–water partition coefficient (Wildman–Crippen LogP) is 4.88. The van der Waals surface area contributed by atoms with Crippen molar-refractivity contribution in [3.8, 4) is 0 Å². The summed E-state index contributed by atoms with van der Waals surface area (Å²) < 4.78 is 5.19. The summed E-state index contributed by atoms with van der Waals surface area (Å²) in [5.41, 5.74) is 1.96. The van der Waals surface area contributed by atoms with E-state index < -0.39 is 0 Å². The number of furan rings is 1. The summed E-state index contributed by atoms with van der Waals surface area (Å²) in [5.74, 6) is 0.395. The lowest BCUT2D eigenvalue weighted by molar-refractivity contribution is 0.0953. The van der Waals surface area contributed by atoms with Crippen LogP contribution in [-0.2, 0) is 12.8 Å². The van der Waals surface area contributed by atoms with E-state index in [9.17, 15) is 9.59 Å². The van der Waals surface area contributed by atoms with E-state index in [2.05, 4.69) is 31.4 Å². The van der Waals surface area contributed by atoms with Gasteiger partial charge in [-0.3, -0.25) is 9.59 Å². The molecule has 6 heteroatoms. The van der Waals surface area contributed by atoms with Crippen LogP contribution in [-0.4, -0.2) is 18.4 Å². The van der Waals surface area contributed by atoms with Crippen LogP contribution in [0.5, 0.6) is 0 Å². The van der Waals surface area contributed by atoms with E-state index in [1.165, 1.54) is 22.5 Å². The smallest absolute Gasteiger partial charge is 0.291 e. The lowest BCUT2D eigenvalue weighted by atomic mass is 9.72. The van der Waals surface area contributed by atoms with Crippen molar-refractivity contribution >= 4 is 28.2 Å². The summed E-state index contributed by atoms with van der Waals surface area (Å²) in [4.78, 5) is 26.5. The second kappa shape index (κ2) is 7.89. The molecule has 1 aliphatic carbocycles. The van der Waals surface area contributed by atoms with Crippen molar-refractivity contribution in [1.29, 1.82) is 0 Å². The normalized spacial score (nSPS) is 16.7. The molecule has 1 atom stereocenters. The molecule has 0 aliphatic heterocycles. The van der Waals surface area contributed by atoms with Crippen LogP contribution in [0, 0.1) is 11.3 Å². The first-order valence-electron chi connectivity index (χ1n) is 9.58. The Morgan fingerprint density at radius 3 is 2.70 bits per heavy atom.